The molecule has 0 aliphatic carbocycles. The number of carbonyl (C=O) groups is 1. The van der Waals surface area contributed by atoms with Crippen LogP contribution in [0.1, 0.15) is 25.8 Å². The van der Waals surface area contributed by atoms with E-state index < -0.39 is 12.0 Å². The maximum Gasteiger partial charge on any atom is 0.320 e. The normalized spacial score (nSPS) is 12.6. The summed E-state index contributed by atoms with van der Waals surface area (Å²) in [4.78, 5) is 13.0. The van der Waals surface area contributed by atoms with Gasteiger partial charge in [0, 0.05) is 12.2 Å². The van der Waals surface area contributed by atoms with E-state index in [0.29, 0.717) is 6.54 Å². The molecular formula is C13H20N2O2. The van der Waals surface area contributed by atoms with Crippen LogP contribution in [-0.4, -0.2) is 28.6 Å². The first kappa shape index (κ1) is 13.5. The molecule has 0 spiro atoms. The van der Waals surface area contributed by atoms with Crippen LogP contribution in [0.4, 0.5) is 5.69 Å². The molecule has 0 radical (unpaired) electrons. The van der Waals surface area contributed by atoms with Gasteiger partial charge in [0.1, 0.15) is 6.04 Å². The molecule has 1 rings (SSSR count). The highest BCUT2D eigenvalue weighted by Crippen LogP contribution is 2.11. The zero-order valence-electron chi connectivity index (χ0n) is 10.4. The third kappa shape index (κ3) is 4.07. The van der Waals surface area contributed by atoms with Crippen molar-refractivity contribution in [3.8, 4) is 0 Å². The van der Waals surface area contributed by atoms with Crippen LogP contribution < -0.4 is 5.73 Å². The van der Waals surface area contributed by atoms with Crippen molar-refractivity contribution in [2.75, 3.05) is 12.3 Å². The lowest BCUT2D eigenvalue weighted by Gasteiger charge is -2.25. The molecule has 17 heavy (non-hydrogen) atoms. The minimum Gasteiger partial charge on any atom is -0.480 e. The second kappa shape index (κ2) is 6.25. The second-order valence-electron chi connectivity index (χ2n) is 4.23. The number of hydrogen-bond acceptors (Lipinski definition) is 3. The lowest BCUT2D eigenvalue weighted by atomic mass is 10.1. The van der Waals surface area contributed by atoms with Crippen LogP contribution in [0.15, 0.2) is 24.3 Å². The summed E-state index contributed by atoms with van der Waals surface area (Å²) < 4.78 is 0. The molecule has 1 aromatic carbocycles. The summed E-state index contributed by atoms with van der Waals surface area (Å²) in [6.45, 7) is 5.18. The molecule has 0 aliphatic heterocycles. The first-order valence-corrected chi connectivity index (χ1v) is 5.86. The predicted octanol–water partition coefficient (Wildman–Crippen LogP) is 1.95. The van der Waals surface area contributed by atoms with E-state index in [0.717, 1.165) is 24.2 Å². The minimum atomic E-state index is -0.783. The Balaban J connectivity index is 2.72. The van der Waals surface area contributed by atoms with E-state index in [1.807, 2.05) is 36.1 Å². The number of nitrogen functional groups attached to an aromatic ring is 1. The van der Waals surface area contributed by atoms with E-state index in [4.69, 9.17) is 10.8 Å². The van der Waals surface area contributed by atoms with Gasteiger partial charge in [-0.05, 0) is 37.6 Å². The van der Waals surface area contributed by atoms with Crippen molar-refractivity contribution in [2.24, 2.45) is 0 Å². The lowest BCUT2D eigenvalue weighted by Crippen LogP contribution is -2.38. The third-order valence-corrected chi connectivity index (χ3v) is 2.78. The van der Waals surface area contributed by atoms with Gasteiger partial charge in [0.15, 0.2) is 0 Å². The van der Waals surface area contributed by atoms with Crippen molar-refractivity contribution in [3.63, 3.8) is 0 Å². The summed E-state index contributed by atoms with van der Waals surface area (Å²) in [6, 6.07) is 7.09. The highest BCUT2D eigenvalue weighted by atomic mass is 16.4. The fourth-order valence-corrected chi connectivity index (χ4v) is 1.71. The van der Waals surface area contributed by atoms with Crippen LogP contribution in [-0.2, 0) is 11.3 Å². The van der Waals surface area contributed by atoms with E-state index in [-0.39, 0.29) is 0 Å². The number of hydrogen-bond donors (Lipinski definition) is 2. The minimum absolute atomic E-state index is 0.465. The van der Waals surface area contributed by atoms with Crippen molar-refractivity contribution >= 4 is 11.7 Å². The fraction of sp³-hybridized carbons (Fsp3) is 0.462. The van der Waals surface area contributed by atoms with E-state index in [2.05, 4.69) is 0 Å². The van der Waals surface area contributed by atoms with Gasteiger partial charge in [-0.25, -0.2) is 0 Å². The summed E-state index contributed by atoms with van der Waals surface area (Å²) in [7, 11) is 0. The topological polar surface area (TPSA) is 66.6 Å². The van der Waals surface area contributed by atoms with Crippen LogP contribution in [0.3, 0.4) is 0 Å². The molecule has 0 heterocycles. The number of benzene rings is 1. The van der Waals surface area contributed by atoms with Crippen molar-refractivity contribution in [3.05, 3.63) is 29.8 Å². The lowest BCUT2D eigenvalue weighted by molar-refractivity contribution is -0.142. The molecule has 0 saturated carbocycles. The van der Waals surface area contributed by atoms with Gasteiger partial charge in [0.25, 0.3) is 0 Å². The standard InChI is InChI=1S/C13H20N2O2/c1-3-8-15(10(2)13(16)17)9-11-4-6-12(14)7-5-11/h4-7,10H,3,8-9,14H2,1-2H3,(H,16,17). The number of carboxylic acids is 1. The molecule has 0 fully saturated rings. The van der Waals surface area contributed by atoms with E-state index in [9.17, 15) is 4.79 Å². The molecule has 0 aliphatic rings. The second-order valence-corrected chi connectivity index (χ2v) is 4.23. The Morgan fingerprint density at radius 2 is 2.00 bits per heavy atom. The number of nitrogens with zero attached hydrogens (tertiary/aromatic N) is 1. The molecule has 3 N–H and O–H groups in total. The highest BCUT2D eigenvalue weighted by Gasteiger charge is 2.19. The summed E-state index contributed by atoms with van der Waals surface area (Å²) in [6.07, 6.45) is 0.937. The molecule has 0 saturated heterocycles. The Bertz CT molecular complexity index is 362. The maximum absolute atomic E-state index is 11.0. The SMILES string of the molecule is CCCN(Cc1ccc(N)cc1)C(C)C(=O)O. The Morgan fingerprint density at radius 3 is 2.47 bits per heavy atom. The number of anilines is 1. The zero-order valence-corrected chi connectivity index (χ0v) is 10.4. The van der Waals surface area contributed by atoms with Gasteiger partial charge in [-0.3, -0.25) is 9.69 Å². The Kier molecular flexibility index (Phi) is 4.97. The Hall–Kier alpha value is -1.55. The molecule has 0 amide bonds. The van der Waals surface area contributed by atoms with Gasteiger partial charge >= 0.3 is 5.97 Å². The van der Waals surface area contributed by atoms with Crippen LogP contribution in [0.2, 0.25) is 0 Å². The molecule has 1 aromatic rings. The van der Waals surface area contributed by atoms with Crippen LogP contribution in [0.25, 0.3) is 0 Å². The average Bonchev–Trinajstić information content (AvgIpc) is 2.30. The van der Waals surface area contributed by atoms with Gasteiger partial charge in [-0.1, -0.05) is 19.1 Å². The smallest absolute Gasteiger partial charge is 0.320 e. The van der Waals surface area contributed by atoms with E-state index >= 15 is 0 Å². The molecular weight excluding hydrogens is 216 g/mol. The van der Waals surface area contributed by atoms with Gasteiger partial charge in [-0.15, -0.1) is 0 Å². The summed E-state index contributed by atoms with van der Waals surface area (Å²) in [5.74, 6) is -0.783. The molecule has 1 atom stereocenters. The molecule has 94 valence electrons. The van der Waals surface area contributed by atoms with Crippen LogP contribution in [0.5, 0.6) is 0 Å². The predicted molar refractivity (Wildman–Crippen MR) is 68.7 cm³/mol. The fourth-order valence-electron chi connectivity index (χ4n) is 1.71. The Morgan fingerprint density at radius 1 is 1.41 bits per heavy atom. The molecule has 0 bridgehead atoms. The highest BCUT2D eigenvalue weighted by molar-refractivity contribution is 5.72. The van der Waals surface area contributed by atoms with Crippen molar-refractivity contribution < 1.29 is 9.90 Å². The van der Waals surface area contributed by atoms with Crippen LogP contribution >= 0.6 is 0 Å². The van der Waals surface area contributed by atoms with Gasteiger partial charge in [0.2, 0.25) is 0 Å². The zero-order chi connectivity index (χ0) is 12.8. The van der Waals surface area contributed by atoms with Crippen molar-refractivity contribution in [1.29, 1.82) is 0 Å². The molecule has 4 heteroatoms. The maximum atomic E-state index is 11.0. The van der Waals surface area contributed by atoms with E-state index in [1.54, 1.807) is 6.92 Å². The van der Waals surface area contributed by atoms with Crippen molar-refractivity contribution in [2.45, 2.75) is 32.9 Å². The van der Waals surface area contributed by atoms with E-state index in [1.165, 1.54) is 0 Å². The first-order valence-electron chi connectivity index (χ1n) is 5.86. The van der Waals surface area contributed by atoms with Crippen molar-refractivity contribution in [1.82, 2.24) is 4.90 Å². The summed E-state index contributed by atoms with van der Waals surface area (Å²) in [5, 5.41) is 9.04. The summed E-state index contributed by atoms with van der Waals surface area (Å²) >= 11 is 0. The molecule has 1 unspecified atom stereocenters. The van der Waals surface area contributed by atoms with Gasteiger partial charge in [-0.2, -0.15) is 0 Å². The van der Waals surface area contributed by atoms with Crippen LogP contribution in [0, 0.1) is 0 Å². The largest absolute Gasteiger partial charge is 0.480 e. The molecule has 4 nitrogen and oxygen atoms in total. The monoisotopic (exact) mass is 236 g/mol. The third-order valence-electron chi connectivity index (χ3n) is 2.78. The first-order chi connectivity index (χ1) is 8.04. The summed E-state index contributed by atoms with van der Waals surface area (Å²) in [5.41, 5.74) is 7.42. The quantitative estimate of drug-likeness (QED) is 0.741. The van der Waals surface area contributed by atoms with Gasteiger partial charge in [0.05, 0.1) is 0 Å². The number of nitrogens with two attached hydrogens (primary N) is 1. The number of aliphatic carboxylic acids is 1. The Labute approximate surface area is 102 Å². The average molecular weight is 236 g/mol. The van der Waals surface area contributed by atoms with Gasteiger partial charge < -0.3 is 10.8 Å². The number of rotatable bonds is 6. The number of carboxylic acid groups (broad SMARTS) is 1. The molecule has 0 aromatic heterocycles.